The lowest BCUT2D eigenvalue weighted by Gasteiger charge is -2.56. The van der Waals surface area contributed by atoms with E-state index in [1.165, 1.54) is 45.1 Å². The highest BCUT2D eigenvalue weighted by atomic mass is 32.2. The first-order chi connectivity index (χ1) is 34.3. The molecule has 5 aliphatic heterocycles. The van der Waals surface area contributed by atoms with Crippen molar-refractivity contribution in [2.45, 2.75) is 112 Å². The molecule has 3 saturated carbocycles. The minimum Gasteiger partial charge on any atom is -0.459 e. The number of benzene rings is 2. The third-order valence-electron chi connectivity index (χ3n) is 16.7. The second kappa shape index (κ2) is 19.6. The van der Waals surface area contributed by atoms with E-state index in [-0.39, 0.29) is 35.0 Å². The highest BCUT2D eigenvalue weighted by Crippen LogP contribution is 2.55. The van der Waals surface area contributed by atoms with Crippen molar-refractivity contribution < 1.29 is 27.1 Å². The average Bonchev–Trinajstić information content (AvgIpc) is 3.90. The fourth-order valence-corrected chi connectivity index (χ4v) is 15.6. The number of amidine groups is 1. The molecule has 8 aliphatic rings. The molecule has 2 aromatic carbocycles. The Labute approximate surface area is 417 Å². The van der Waals surface area contributed by atoms with Crippen LogP contribution in [0.1, 0.15) is 117 Å². The van der Waals surface area contributed by atoms with Crippen molar-refractivity contribution >= 4 is 48.7 Å². The molecule has 0 radical (unpaired) electrons. The number of nitrogens with zero attached hydrogens (tertiary/aromatic N) is 7. The molecule has 1 unspecified atom stereocenters. The topological polar surface area (TPSA) is 204 Å². The van der Waals surface area contributed by atoms with Gasteiger partial charge in [0.25, 0.3) is 15.9 Å². The Hall–Kier alpha value is -5.37. The van der Waals surface area contributed by atoms with Crippen LogP contribution in [0.3, 0.4) is 0 Å². The standard InChI is InChI=1S/C52H66N10O7S2/c1-59-23-25-70(66,26-24-59)57-38-12-8-35(9-13-38)32-54-50-47(62(64)65)29-42(34-56-50)71(67,68)58-51(63)45-15-14-39(28-48(45)69-41-27-37-16-19-53-49(37)55-33-41)60-21-17-52(18-22-60)30-40(31-52)61-20-4-7-46(61)44-6-3-2-5-43(44)36-10-11-36/h2-3,5-6,14-16,19,28-29,33-38,40,46H,4,7-13,17-18,20-27,30-32H2,1H3,(H,53,55)(H,54,56)(H,58,63)/t35?,37?,38?,46-/m0/s1. The number of aliphatic imine (C=N–C) groups is 1. The summed E-state index contributed by atoms with van der Waals surface area (Å²) >= 11 is 0. The van der Waals surface area contributed by atoms with Gasteiger partial charge in [0.2, 0.25) is 5.82 Å². The first-order valence-electron chi connectivity index (χ1n) is 25.8. The summed E-state index contributed by atoms with van der Waals surface area (Å²) in [6.07, 6.45) is 19.8. The molecule has 1 amide bonds. The number of piperidine rings is 1. The first kappa shape index (κ1) is 47.9. The molecule has 17 nitrogen and oxygen atoms in total. The SMILES string of the molecule is CN1CCS(=O)(=NC2CCC(CNc3ncc(S(=O)(=O)NC(=O)c4ccc(N5CCC6(CC5)CC(N5CCC[C@H]5c5ccccc5C5CC5)C6)cc4OC4=CN=C5NC=CC5C4)cc3[N+](=O)[O-])CC2)CC1. The number of hydrogen-bond donors (Lipinski definition) is 3. The summed E-state index contributed by atoms with van der Waals surface area (Å²) in [6, 6.07) is 16.5. The number of anilines is 2. The van der Waals surface area contributed by atoms with Gasteiger partial charge in [-0.05, 0) is 137 Å². The third-order valence-corrected chi connectivity index (χ3v) is 20.3. The lowest BCUT2D eigenvalue weighted by atomic mass is 9.59. The predicted octanol–water partition coefficient (Wildman–Crippen LogP) is 7.71. The van der Waals surface area contributed by atoms with Crippen LogP contribution in [-0.2, 0) is 19.8 Å². The van der Waals surface area contributed by atoms with E-state index in [1.54, 1.807) is 23.4 Å². The zero-order chi connectivity index (χ0) is 48.9. The second-order valence-electron chi connectivity index (χ2n) is 21.4. The van der Waals surface area contributed by atoms with Gasteiger partial charge in [-0.2, -0.15) is 0 Å². The summed E-state index contributed by atoms with van der Waals surface area (Å²) in [4.78, 5) is 41.2. The summed E-state index contributed by atoms with van der Waals surface area (Å²) in [5.74, 6) is 2.62. The monoisotopic (exact) mass is 1010 g/mol. The highest BCUT2D eigenvalue weighted by Gasteiger charge is 2.50. The van der Waals surface area contributed by atoms with Gasteiger partial charge in [0, 0.05) is 96.2 Å². The van der Waals surface area contributed by atoms with Gasteiger partial charge in [-0.3, -0.25) is 19.8 Å². The maximum absolute atomic E-state index is 14.1. The molecule has 6 heterocycles. The summed E-state index contributed by atoms with van der Waals surface area (Å²) in [6.45, 7) is 4.84. The molecule has 1 aromatic heterocycles. The number of likely N-dealkylation sites (tertiary alicyclic amines) is 1. The van der Waals surface area contributed by atoms with E-state index in [4.69, 9.17) is 9.10 Å². The van der Waals surface area contributed by atoms with Gasteiger partial charge in [-0.25, -0.2) is 31.7 Å². The molecular formula is C52H66N10O7S2. The van der Waals surface area contributed by atoms with Crippen molar-refractivity contribution in [2.24, 2.45) is 26.6 Å². The Morgan fingerprint density at radius 3 is 2.49 bits per heavy atom. The van der Waals surface area contributed by atoms with Crippen LogP contribution >= 0.6 is 0 Å². The second-order valence-corrected chi connectivity index (χ2v) is 25.7. The van der Waals surface area contributed by atoms with Crippen LogP contribution < -0.4 is 25.0 Å². The highest BCUT2D eigenvalue weighted by molar-refractivity contribution is 7.93. The van der Waals surface area contributed by atoms with Crippen molar-refractivity contribution in [3.63, 3.8) is 0 Å². The zero-order valence-electron chi connectivity index (χ0n) is 40.5. The van der Waals surface area contributed by atoms with E-state index in [0.29, 0.717) is 47.7 Å². The number of pyridine rings is 1. The number of carbonyl (C=O) groups excluding carboxylic acids is 1. The fourth-order valence-electron chi connectivity index (χ4n) is 12.3. The maximum Gasteiger partial charge on any atom is 0.312 e. The van der Waals surface area contributed by atoms with E-state index >= 15 is 0 Å². The molecule has 0 bridgehead atoms. The third kappa shape index (κ3) is 10.3. The average molecular weight is 1010 g/mol. The van der Waals surface area contributed by atoms with Gasteiger partial charge in [0.1, 0.15) is 22.2 Å². The molecule has 11 rings (SSSR count). The molecular weight excluding hydrogens is 941 g/mol. The molecule has 3 aliphatic carbocycles. The lowest BCUT2D eigenvalue weighted by molar-refractivity contribution is -0.384. The normalized spacial score (nSPS) is 26.4. The Morgan fingerprint density at radius 2 is 1.75 bits per heavy atom. The van der Waals surface area contributed by atoms with Crippen molar-refractivity contribution in [2.75, 3.05) is 68.0 Å². The van der Waals surface area contributed by atoms with E-state index in [2.05, 4.69) is 64.3 Å². The van der Waals surface area contributed by atoms with Crippen molar-refractivity contribution in [1.29, 1.82) is 0 Å². The number of nitrogens with one attached hydrogen (secondary N) is 3. The molecule has 378 valence electrons. The van der Waals surface area contributed by atoms with E-state index in [9.17, 15) is 27.5 Å². The maximum atomic E-state index is 14.1. The molecule has 1 spiro atoms. The number of allylic oxidation sites excluding steroid dienone is 1. The summed E-state index contributed by atoms with van der Waals surface area (Å²) < 4.78 is 54.4. The number of aromatic nitrogens is 1. The van der Waals surface area contributed by atoms with E-state index in [0.717, 1.165) is 94.4 Å². The van der Waals surface area contributed by atoms with Crippen LogP contribution in [0.15, 0.2) is 93.2 Å². The van der Waals surface area contributed by atoms with E-state index < -0.39 is 41.2 Å². The summed E-state index contributed by atoms with van der Waals surface area (Å²) in [5, 5.41) is 18.5. The molecule has 2 atom stereocenters. The molecule has 6 fully saturated rings. The molecule has 3 saturated heterocycles. The van der Waals surface area contributed by atoms with Crippen LogP contribution in [0.4, 0.5) is 17.2 Å². The van der Waals surface area contributed by atoms with Gasteiger partial charge in [0.05, 0.1) is 28.9 Å². The summed E-state index contributed by atoms with van der Waals surface area (Å²) in [5.41, 5.74) is 3.79. The number of nitro groups is 1. The molecule has 71 heavy (non-hydrogen) atoms. The van der Waals surface area contributed by atoms with Crippen LogP contribution in [-0.4, -0.2) is 114 Å². The minimum atomic E-state index is -4.63. The Morgan fingerprint density at radius 1 is 0.986 bits per heavy atom. The summed E-state index contributed by atoms with van der Waals surface area (Å²) in [7, 11) is -4.80. The number of rotatable bonds is 14. The smallest absolute Gasteiger partial charge is 0.312 e. The Bertz CT molecular complexity index is 2870. The number of amides is 1. The lowest BCUT2D eigenvalue weighted by Crippen LogP contribution is -2.54. The van der Waals surface area contributed by atoms with Gasteiger partial charge in [0.15, 0.2) is 0 Å². The van der Waals surface area contributed by atoms with Crippen LogP contribution in [0.2, 0.25) is 0 Å². The van der Waals surface area contributed by atoms with Gasteiger partial charge in [-0.15, -0.1) is 0 Å². The van der Waals surface area contributed by atoms with Gasteiger partial charge < -0.3 is 25.2 Å². The number of sulfonamides is 1. The molecule has 19 heteroatoms. The number of ether oxygens (including phenoxy) is 1. The predicted molar refractivity (Wildman–Crippen MR) is 275 cm³/mol. The fraction of sp³-hybridized carbons (Fsp3) is 0.558. The van der Waals surface area contributed by atoms with Crippen LogP contribution in [0.5, 0.6) is 5.75 Å². The van der Waals surface area contributed by atoms with Crippen molar-refractivity contribution in [1.82, 2.24) is 24.8 Å². The number of hydrogen-bond acceptors (Lipinski definition) is 15. The van der Waals surface area contributed by atoms with Crippen LogP contribution in [0.25, 0.3) is 0 Å². The van der Waals surface area contributed by atoms with Crippen molar-refractivity contribution in [3.8, 4) is 5.75 Å². The Balaban J connectivity index is 0.745. The first-order valence-corrected chi connectivity index (χ1v) is 29.1. The zero-order valence-corrected chi connectivity index (χ0v) is 42.2. The van der Waals surface area contributed by atoms with Gasteiger partial charge >= 0.3 is 5.69 Å². The molecule has 3 aromatic rings. The van der Waals surface area contributed by atoms with E-state index in [1.807, 2.05) is 31.5 Å². The van der Waals surface area contributed by atoms with Gasteiger partial charge in [-0.1, -0.05) is 30.3 Å². The largest absolute Gasteiger partial charge is 0.459 e. The number of carbonyl (C=O) groups is 1. The minimum absolute atomic E-state index is 0.00623. The number of fused-ring (bicyclic) bond motifs is 1. The molecule has 3 N–H and O–H groups in total. The Kier molecular flexibility index (Phi) is 13.2. The quantitative estimate of drug-likeness (QED) is 0.105. The van der Waals surface area contributed by atoms with Crippen molar-refractivity contribution in [3.05, 3.63) is 106 Å². The van der Waals surface area contributed by atoms with Crippen LogP contribution in [0, 0.1) is 27.4 Å².